The molecule has 0 aromatic heterocycles. The molecule has 1 atom stereocenters. The average molecular weight is 278 g/mol. The number of carbonyl (C=O) groups is 1. The van der Waals surface area contributed by atoms with Gasteiger partial charge in [-0.05, 0) is 49.4 Å². The Morgan fingerprint density at radius 3 is 2.55 bits per heavy atom. The fourth-order valence-electron chi connectivity index (χ4n) is 1.90. The van der Waals surface area contributed by atoms with Gasteiger partial charge < -0.3 is 15.8 Å². The summed E-state index contributed by atoms with van der Waals surface area (Å²) in [4.78, 5) is 11.9. The lowest BCUT2D eigenvalue weighted by atomic mass is 9.99. The standard InChI is InChI=1S/C16H26N2O2/c1-6-7-18-16(19)12(5)20-15-8-11(4)14(17)9-13(15)10(2)3/h8-10,12H,6-7,17H2,1-5H3,(H,18,19). The van der Waals surface area contributed by atoms with Gasteiger partial charge in [0.05, 0.1) is 0 Å². The monoisotopic (exact) mass is 278 g/mol. The van der Waals surface area contributed by atoms with Crippen LogP contribution in [0.5, 0.6) is 5.75 Å². The molecule has 20 heavy (non-hydrogen) atoms. The van der Waals surface area contributed by atoms with E-state index in [9.17, 15) is 4.79 Å². The fraction of sp³-hybridized carbons (Fsp3) is 0.562. The van der Waals surface area contributed by atoms with Crippen LogP contribution in [-0.2, 0) is 4.79 Å². The normalized spacial score (nSPS) is 12.3. The first-order valence-electron chi connectivity index (χ1n) is 7.21. The lowest BCUT2D eigenvalue weighted by molar-refractivity contribution is -0.127. The number of nitrogen functional groups attached to an aromatic ring is 1. The molecule has 0 spiro atoms. The minimum absolute atomic E-state index is 0.0870. The Morgan fingerprint density at radius 1 is 1.35 bits per heavy atom. The van der Waals surface area contributed by atoms with Gasteiger partial charge in [0.1, 0.15) is 5.75 Å². The number of anilines is 1. The largest absolute Gasteiger partial charge is 0.481 e. The number of amides is 1. The lowest BCUT2D eigenvalue weighted by Gasteiger charge is -2.20. The quantitative estimate of drug-likeness (QED) is 0.786. The van der Waals surface area contributed by atoms with Crippen molar-refractivity contribution in [3.8, 4) is 5.75 Å². The molecule has 0 bridgehead atoms. The molecule has 0 saturated heterocycles. The van der Waals surface area contributed by atoms with Gasteiger partial charge in [-0.1, -0.05) is 20.8 Å². The molecule has 0 fully saturated rings. The van der Waals surface area contributed by atoms with Crippen molar-refractivity contribution in [1.82, 2.24) is 5.32 Å². The first-order chi connectivity index (χ1) is 9.36. The van der Waals surface area contributed by atoms with Crippen LogP contribution in [0.1, 0.15) is 51.2 Å². The van der Waals surface area contributed by atoms with Crippen LogP contribution in [0, 0.1) is 6.92 Å². The number of benzene rings is 1. The summed E-state index contributed by atoms with van der Waals surface area (Å²) in [7, 11) is 0. The summed E-state index contributed by atoms with van der Waals surface area (Å²) in [5.74, 6) is 0.945. The van der Waals surface area contributed by atoms with Crippen molar-refractivity contribution >= 4 is 11.6 Å². The number of hydrogen-bond donors (Lipinski definition) is 2. The predicted molar refractivity (Wildman–Crippen MR) is 83.1 cm³/mol. The van der Waals surface area contributed by atoms with E-state index in [0.29, 0.717) is 12.5 Å². The summed E-state index contributed by atoms with van der Waals surface area (Å²) in [5.41, 5.74) is 8.70. The second-order valence-corrected chi connectivity index (χ2v) is 5.45. The number of aryl methyl sites for hydroxylation is 1. The molecule has 0 aliphatic carbocycles. The maximum absolute atomic E-state index is 11.9. The highest BCUT2D eigenvalue weighted by Crippen LogP contribution is 2.31. The zero-order valence-electron chi connectivity index (χ0n) is 13.1. The summed E-state index contributed by atoms with van der Waals surface area (Å²) in [5, 5.41) is 2.84. The van der Waals surface area contributed by atoms with Crippen LogP contribution in [0.4, 0.5) is 5.69 Å². The second-order valence-electron chi connectivity index (χ2n) is 5.45. The molecule has 1 aromatic carbocycles. The maximum Gasteiger partial charge on any atom is 0.260 e. The van der Waals surface area contributed by atoms with Gasteiger partial charge in [-0.25, -0.2) is 0 Å². The third kappa shape index (κ3) is 4.15. The molecule has 3 N–H and O–H groups in total. The van der Waals surface area contributed by atoms with Gasteiger partial charge >= 0.3 is 0 Å². The topological polar surface area (TPSA) is 64.3 Å². The van der Waals surface area contributed by atoms with Crippen molar-refractivity contribution in [3.05, 3.63) is 23.3 Å². The molecule has 0 aliphatic heterocycles. The van der Waals surface area contributed by atoms with Crippen molar-refractivity contribution in [2.24, 2.45) is 0 Å². The zero-order chi connectivity index (χ0) is 15.3. The summed E-state index contributed by atoms with van der Waals surface area (Å²) in [6.45, 7) is 10.6. The van der Waals surface area contributed by atoms with Gasteiger partial charge in [-0.15, -0.1) is 0 Å². The minimum atomic E-state index is -0.512. The molecule has 0 saturated carbocycles. The molecule has 0 radical (unpaired) electrons. The Bertz CT molecular complexity index is 470. The van der Waals surface area contributed by atoms with Crippen molar-refractivity contribution in [2.45, 2.75) is 53.1 Å². The third-order valence-electron chi connectivity index (χ3n) is 3.24. The smallest absolute Gasteiger partial charge is 0.260 e. The van der Waals surface area contributed by atoms with Gasteiger partial charge in [-0.3, -0.25) is 4.79 Å². The fourth-order valence-corrected chi connectivity index (χ4v) is 1.90. The van der Waals surface area contributed by atoms with E-state index in [2.05, 4.69) is 19.2 Å². The minimum Gasteiger partial charge on any atom is -0.481 e. The molecule has 112 valence electrons. The highest BCUT2D eigenvalue weighted by molar-refractivity contribution is 5.80. The Balaban J connectivity index is 2.90. The molecule has 1 rings (SSSR count). The van der Waals surface area contributed by atoms with Crippen molar-refractivity contribution in [2.75, 3.05) is 12.3 Å². The van der Waals surface area contributed by atoms with Crippen LogP contribution in [0.15, 0.2) is 12.1 Å². The van der Waals surface area contributed by atoms with E-state index in [1.807, 2.05) is 26.0 Å². The van der Waals surface area contributed by atoms with E-state index >= 15 is 0 Å². The summed E-state index contributed by atoms with van der Waals surface area (Å²) < 4.78 is 5.83. The number of nitrogens with one attached hydrogen (secondary N) is 1. The molecular weight excluding hydrogens is 252 g/mol. The molecule has 1 amide bonds. The second kappa shape index (κ2) is 7.17. The Labute approximate surface area is 121 Å². The molecular formula is C16H26N2O2. The molecule has 4 heteroatoms. The van der Waals surface area contributed by atoms with E-state index in [1.54, 1.807) is 6.92 Å². The van der Waals surface area contributed by atoms with Crippen molar-refractivity contribution < 1.29 is 9.53 Å². The van der Waals surface area contributed by atoms with Gasteiger partial charge in [0.25, 0.3) is 5.91 Å². The van der Waals surface area contributed by atoms with E-state index in [1.165, 1.54) is 0 Å². The molecule has 4 nitrogen and oxygen atoms in total. The van der Waals surface area contributed by atoms with Crippen LogP contribution >= 0.6 is 0 Å². The molecule has 1 unspecified atom stereocenters. The number of ether oxygens (including phenoxy) is 1. The van der Waals surface area contributed by atoms with Crippen LogP contribution < -0.4 is 15.8 Å². The third-order valence-corrected chi connectivity index (χ3v) is 3.24. The highest BCUT2D eigenvalue weighted by atomic mass is 16.5. The Hall–Kier alpha value is -1.71. The Kier molecular flexibility index (Phi) is 5.86. The number of rotatable bonds is 6. The molecule has 0 aliphatic rings. The summed E-state index contributed by atoms with van der Waals surface area (Å²) in [6.07, 6.45) is 0.401. The van der Waals surface area contributed by atoms with Gasteiger partial charge in [0.15, 0.2) is 6.10 Å². The molecule has 1 aromatic rings. The van der Waals surface area contributed by atoms with Crippen LogP contribution in [0.25, 0.3) is 0 Å². The number of hydrogen-bond acceptors (Lipinski definition) is 3. The summed E-state index contributed by atoms with van der Waals surface area (Å²) >= 11 is 0. The maximum atomic E-state index is 11.9. The van der Waals surface area contributed by atoms with Crippen LogP contribution in [-0.4, -0.2) is 18.6 Å². The van der Waals surface area contributed by atoms with Gasteiger partial charge in [0, 0.05) is 12.2 Å². The number of nitrogens with two attached hydrogens (primary N) is 1. The lowest BCUT2D eigenvalue weighted by Crippen LogP contribution is -2.36. The predicted octanol–water partition coefficient (Wildman–Crippen LogP) is 2.99. The summed E-state index contributed by atoms with van der Waals surface area (Å²) in [6, 6.07) is 3.85. The average Bonchev–Trinajstić information content (AvgIpc) is 2.39. The first kappa shape index (κ1) is 16.3. The van der Waals surface area contributed by atoms with Crippen molar-refractivity contribution in [1.29, 1.82) is 0 Å². The van der Waals surface area contributed by atoms with E-state index in [-0.39, 0.29) is 5.91 Å². The highest BCUT2D eigenvalue weighted by Gasteiger charge is 2.17. The van der Waals surface area contributed by atoms with E-state index in [4.69, 9.17) is 10.5 Å². The van der Waals surface area contributed by atoms with Gasteiger partial charge in [-0.2, -0.15) is 0 Å². The van der Waals surface area contributed by atoms with E-state index < -0.39 is 6.10 Å². The van der Waals surface area contributed by atoms with Crippen LogP contribution in [0.2, 0.25) is 0 Å². The molecule has 0 heterocycles. The van der Waals surface area contributed by atoms with Crippen LogP contribution in [0.3, 0.4) is 0 Å². The SMILES string of the molecule is CCCNC(=O)C(C)Oc1cc(C)c(N)cc1C(C)C. The van der Waals surface area contributed by atoms with Crippen molar-refractivity contribution in [3.63, 3.8) is 0 Å². The van der Waals surface area contributed by atoms with E-state index in [0.717, 1.165) is 29.0 Å². The van der Waals surface area contributed by atoms with Gasteiger partial charge in [0.2, 0.25) is 0 Å². The zero-order valence-corrected chi connectivity index (χ0v) is 13.1. The number of carbonyl (C=O) groups excluding carboxylic acids is 1. The first-order valence-corrected chi connectivity index (χ1v) is 7.21. The Morgan fingerprint density at radius 2 is 2.00 bits per heavy atom.